The molecule has 33 heavy (non-hydrogen) atoms. The maximum atomic E-state index is 13.0. The van der Waals surface area contributed by atoms with Crippen molar-refractivity contribution in [2.75, 3.05) is 13.3 Å². The smallest absolute Gasteiger partial charge is 0.407 e. The zero-order chi connectivity index (χ0) is 25.4. The second-order valence-electron chi connectivity index (χ2n) is 9.28. The SMILES string of the molecule is CCc1ccccc1S(=O)(=O)N[C@@H](CNC(=O)OC(C)(C)C)C(=O)OCOC(=O)C(C)(C)C. The van der Waals surface area contributed by atoms with Crippen molar-refractivity contribution in [3.8, 4) is 0 Å². The Morgan fingerprint density at radius 1 is 1.00 bits per heavy atom. The number of amides is 1. The van der Waals surface area contributed by atoms with Gasteiger partial charge < -0.3 is 19.5 Å². The summed E-state index contributed by atoms with van der Waals surface area (Å²) in [5.41, 5.74) is -1.05. The molecule has 2 N–H and O–H groups in total. The Morgan fingerprint density at radius 2 is 1.61 bits per heavy atom. The van der Waals surface area contributed by atoms with Gasteiger partial charge in [0.15, 0.2) is 0 Å². The molecule has 0 fully saturated rings. The maximum Gasteiger partial charge on any atom is 0.407 e. The molecule has 1 amide bonds. The van der Waals surface area contributed by atoms with Crippen LogP contribution in [0.5, 0.6) is 0 Å². The van der Waals surface area contributed by atoms with E-state index in [1.807, 2.05) is 0 Å². The highest BCUT2D eigenvalue weighted by Gasteiger charge is 2.30. The van der Waals surface area contributed by atoms with Gasteiger partial charge in [-0.05, 0) is 59.6 Å². The molecular formula is C22H34N2O8S. The van der Waals surface area contributed by atoms with Gasteiger partial charge in [-0.3, -0.25) is 9.59 Å². The number of hydrogen-bond acceptors (Lipinski definition) is 8. The van der Waals surface area contributed by atoms with Crippen LogP contribution in [-0.2, 0) is 40.2 Å². The molecule has 0 bridgehead atoms. The summed E-state index contributed by atoms with van der Waals surface area (Å²) in [4.78, 5) is 36.5. The standard InChI is InChI=1S/C22H34N2O8S/c1-8-15-11-9-10-12-17(15)33(28,29)24-16(13-23-20(27)32-22(5,6)7)18(25)30-14-31-19(26)21(2,3)4/h9-12,16,24H,8,13-14H2,1-7H3,(H,23,27)/t16-/m0/s1. The normalized spacial score (nSPS) is 13.1. The molecule has 1 atom stereocenters. The van der Waals surface area contributed by atoms with E-state index in [2.05, 4.69) is 10.0 Å². The van der Waals surface area contributed by atoms with Gasteiger partial charge in [0.05, 0.1) is 10.3 Å². The Balaban J connectivity index is 3.00. The lowest BCUT2D eigenvalue weighted by Gasteiger charge is -2.22. The summed E-state index contributed by atoms with van der Waals surface area (Å²) >= 11 is 0. The summed E-state index contributed by atoms with van der Waals surface area (Å²) in [6.07, 6.45) is -0.391. The lowest BCUT2D eigenvalue weighted by molar-refractivity contribution is -0.173. The molecule has 0 unspecified atom stereocenters. The quantitative estimate of drug-likeness (QED) is 0.401. The molecule has 0 spiro atoms. The Bertz CT molecular complexity index is 946. The van der Waals surface area contributed by atoms with Gasteiger partial charge in [0, 0.05) is 6.54 Å². The van der Waals surface area contributed by atoms with Crippen LogP contribution in [0.1, 0.15) is 54.0 Å². The number of rotatable bonds is 9. The van der Waals surface area contributed by atoms with Gasteiger partial charge in [-0.15, -0.1) is 0 Å². The minimum absolute atomic E-state index is 0.00160. The average molecular weight is 487 g/mol. The molecule has 1 aromatic carbocycles. The van der Waals surface area contributed by atoms with Crippen molar-refractivity contribution in [2.45, 2.75) is 71.4 Å². The van der Waals surface area contributed by atoms with Crippen LogP contribution in [0.3, 0.4) is 0 Å². The van der Waals surface area contributed by atoms with Gasteiger partial charge in [-0.2, -0.15) is 4.72 Å². The van der Waals surface area contributed by atoms with Crippen LogP contribution >= 0.6 is 0 Å². The fourth-order valence-corrected chi connectivity index (χ4v) is 3.94. The predicted molar refractivity (Wildman–Crippen MR) is 121 cm³/mol. The van der Waals surface area contributed by atoms with Crippen LogP contribution in [0.2, 0.25) is 0 Å². The molecule has 186 valence electrons. The highest BCUT2D eigenvalue weighted by Crippen LogP contribution is 2.17. The van der Waals surface area contributed by atoms with Crippen LogP contribution in [0.4, 0.5) is 4.79 Å². The van der Waals surface area contributed by atoms with Crippen LogP contribution < -0.4 is 10.0 Å². The highest BCUT2D eigenvalue weighted by molar-refractivity contribution is 7.89. The first kappa shape index (κ1) is 28.4. The lowest BCUT2D eigenvalue weighted by atomic mass is 9.98. The van der Waals surface area contributed by atoms with E-state index >= 15 is 0 Å². The monoisotopic (exact) mass is 486 g/mol. The molecule has 0 saturated heterocycles. The summed E-state index contributed by atoms with van der Waals surface area (Å²) < 4.78 is 43.1. The Labute approximate surface area is 195 Å². The third-order valence-corrected chi connectivity index (χ3v) is 5.65. The van der Waals surface area contributed by atoms with Crippen LogP contribution in [0, 0.1) is 5.41 Å². The molecule has 10 nitrogen and oxygen atoms in total. The molecule has 11 heteroatoms. The molecule has 1 rings (SSSR count). The summed E-state index contributed by atoms with van der Waals surface area (Å²) in [5.74, 6) is -1.64. The number of hydrogen-bond donors (Lipinski definition) is 2. The van der Waals surface area contributed by atoms with Crippen molar-refractivity contribution in [3.63, 3.8) is 0 Å². The largest absolute Gasteiger partial charge is 0.444 e. The third-order valence-electron chi connectivity index (χ3n) is 4.08. The topological polar surface area (TPSA) is 137 Å². The lowest BCUT2D eigenvalue weighted by Crippen LogP contribution is -2.50. The number of esters is 2. The van der Waals surface area contributed by atoms with E-state index in [4.69, 9.17) is 14.2 Å². The number of benzene rings is 1. The number of aryl methyl sites for hydroxylation is 1. The second-order valence-corrected chi connectivity index (χ2v) is 11.0. The zero-order valence-electron chi connectivity index (χ0n) is 20.2. The van der Waals surface area contributed by atoms with Crippen molar-refractivity contribution in [1.29, 1.82) is 0 Å². The molecule has 0 aliphatic rings. The van der Waals surface area contributed by atoms with E-state index < -0.39 is 58.5 Å². The van der Waals surface area contributed by atoms with Gasteiger partial charge in [0.1, 0.15) is 11.6 Å². The molecule has 0 aromatic heterocycles. The third kappa shape index (κ3) is 9.79. The van der Waals surface area contributed by atoms with Crippen molar-refractivity contribution in [3.05, 3.63) is 29.8 Å². The molecular weight excluding hydrogens is 452 g/mol. The Morgan fingerprint density at radius 3 is 2.15 bits per heavy atom. The fraction of sp³-hybridized carbons (Fsp3) is 0.591. The fourth-order valence-electron chi connectivity index (χ4n) is 2.44. The van der Waals surface area contributed by atoms with Gasteiger partial charge in [-0.1, -0.05) is 25.1 Å². The van der Waals surface area contributed by atoms with E-state index in [9.17, 15) is 22.8 Å². The van der Waals surface area contributed by atoms with Gasteiger partial charge in [0.25, 0.3) is 0 Å². The van der Waals surface area contributed by atoms with Crippen molar-refractivity contribution < 1.29 is 37.0 Å². The van der Waals surface area contributed by atoms with E-state index in [-0.39, 0.29) is 4.90 Å². The first-order valence-corrected chi connectivity index (χ1v) is 12.0. The number of carbonyl (C=O) groups is 3. The maximum absolute atomic E-state index is 13.0. The second kappa shape index (κ2) is 11.5. The van der Waals surface area contributed by atoms with Gasteiger partial charge in [-0.25, -0.2) is 13.2 Å². The van der Waals surface area contributed by atoms with Gasteiger partial charge >= 0.3 is 18.0 Å². The van der Waals surface area contributed by atoms with E-state index in [1.165, 1.54) is 6.07 Å². The molecule has 0 radical (unpaired) electrons. The number of sulfonamides is 1. The first-order chi connectivity index (χ1) is 15.1. The van der Waals surface area contributed by atoms with Crippen molar-refractivity contribution >= 4 is 28.1 Å². The van der Waals surface area contributed by atoms with E-state index in [0.29, 0.717) is 12.0 Å². The van der Waals surface area contributed by atoms with E-state index in [0.717, 1.165) is 0 Å². The van der Waals surface area contributed by atoms with Crippen LogP contribution in [-0.4, -0.2) is 51.4 Å². The van der Waals surface area contributed by atoms with Gasteiger partial charge in [0.2, 0.25) is 16.8 Å². The van der Waals surface area contributed by atoms with E-state index in [1.54, 1.807) is 66.7 Å². The molecule has 0 saturated carbocycles. The molecule has 0 aliphatic heterocycles. The summed E-state index contributed by atoms with van der Waals surface area (Å²) in [5, 5.41) is 2.35. The number of ether oxygens (including phenoxy) is 3. The number of carbonyl (C=O) groups excluding carboxylic acids is 3. The summed E-state index contributed by atoms with van der Waals surface area (Å²) in [7, 11) is -4.15. The highest BCUT2D eigenvalue weighted by atomic mass is 32.2. The molecule has 0 heterocycles. The zero-order valence-corrected chi connectivity index (χ0v) is 21.0. The summed E-state index contributed by atoms with van der Waals surface area (Å²) in [6.45, 7) is 10.5. The Hall–Kier alpha value is -2.66. The minimum Gasteiger partial charge on any atom is -0.444 e. The summed E-state index contributed by atoms with van der Waals surface area (Å²) in [6, 6.07) is 4.84. The molecule has 0 aliphatic carbocycles. The van der Waals surface area contributed by atoms with Crippen molar-refractivity contribution in [2.24, 2.45) is 5.41 Å². The minimum atomic E-state index is -4.15. The first-order valence-electron chi connectivity index (χ1n) is 10.5. The predicted octanol–water partition coefficient (Wildman–Crippen LogP) is 2.51. The van der Waals surface area contributed by atoms with Crippen LogP contribution in [0.15, 0.2) is 29.2 Å². The molecule has 1 aromatic rings. The van der Waals surface area contributed by atoms with Crippen molar-refractivity contribution in [1.82, 2.24) is 10.0 Å². The number of alkyl carbamates (subject to hydrolysis) is 1. The number of nitrogens with one attached hydrogen (secondary N) is 2. The van der Waals surface area contributed by atoms with Crippen LogP contribution in [0.25, 0.3) is 0 Å². The Kier molecular flexibility index (Phi) is 9.86. The average Bonchev–Trinajstić information content (AvgIpc) is 2.68.